The van der Waals surface area contributed by atoms with Gasteiger partial charge in [-0.05, 0) is 45.8 Å². The fourth-order valence-corrected chi connectivity index (χ4v) is 2.30. The van der Waals surface area contributed by atoms with Crippen LogP contribution in [0.1, 0.15) is 53.9 Å². The van der Waals surface area contributed by atoms with Crippen molar-refractivity contribution in [1.29, 1.82) is 0 Å². The van der Waals surface area contributed by atoms with Crippen LogP contribution in [0, 0.1) is 0 Å². The van der Waals surface area contributed by atoms with E-state index in [1.54, 1.807) is 0 Å². The molecular formula is C15H33N3O. The van der Waals surface area contributed by atoms with E-state index in [2.05, 4.69) is 18.7 Å². The summed E-state index contributed by atoms with van der Waals surface area (Å²) in [4.78, 5) is 16.8. The molecule has 19 heavy (non-hydrogen) atoms. The highest BCUT2D eigenvalue weighted by Gasteiger charge is 2.33. The van der Waals surface area contributed by atoms with Gasteiger partial charge in [-0.15, -0.1) is 0 Å². The van der Waals surface area contributed by atoms with Crippen molar-refractivity contribution in [3.63, 3.8) is 0 Å². The lowest BCUT2D eigenvalue weighted by atomic mass is 9.92. The van der Waals surface area contributed by atoms with E-state index in [1.165, 1.54) is 0 Å². The second kappa shape index (κ2) is 9.32. The first-order chi connectivity index (χ1) is 8.98. The predicted molar refractivity (Wildman–Crippen MR) is 82.2 cm³/mol. The zero-order valence-electron chi connectivity index (χ0n) is 13.5. The van der Waals surface area contributed by atoms with Crippen molar-refractivity contribution in [3.8, 4) is 0 Å². The van der Waals surface area contributed by atoms with E-state index in [1.807, 2.05) is 25.7 Å². The number of likely N-dealkylation sites (N-methyl/N-ethyl adjacent to an activating group) is 1. The highest BCUT2D eigenvalue weighted by Crippen LogP contribution is 2.15. The van der Waals surface area contributed by atoms with E-state index in [0.717, 1.165) is 39.1 Å². The molecule has 4 heteroatoms. The summed E-state index contributed by atoms with van der Waals surface area (Å²) >= 11 is 0. The van der Waals surface area contributed by atoms with Gasteiger partial charge in [0.1, 0.15) is 0 Å². The Balaban J connectivity index is 4.38. The van der Waals surface area contributed by atoms with E-state index in [-0.39, 0.29) is 5.91 Å². The maximum absolute atomic E-state index is 12.5. The molecule has 0 heterocycles. The standard InChI is InChI=1S/C15H33N3O/c1-6-15(16,7-2)14(19)18(10-5)13-11-12-17(8-3)9-4/h6-13,16H2,1-5H3. The third-order valence-electron chi connectivity index (χ3n) is 4.15. The SMILES string of the molecule is CCN(CC)CCCN(CC)C(=O)C(N)(CC)CC. The Morgan fingerprint density at radius 3 is 1.84 bits per heavy atom. The van der Waals surface area contributed by atoms with Crippen LogP contribution in [0.4, 0.5) is 0 Å². The molecule has 0 aliphatic heterocycles. The topological polar surface area (TPSA) is 49.6 Å². The summed E-state index contributed by atoms with van der Waals surface area (Å²) in [5.41, 5.74) is 5.52. The molecule has 0 aliphatic carbocycles. The molecular weight excluding hydrogens is 238 g/mol. The van der Waals surface area contributed by atoms with Crippen LogP contribution < -0.4 is 5.73 Å². The van der Waals surface area contributed by atoms with E-state index in [9.17, 15) is 4.79 Å². The molecule has 0 spiro atoms. The minimum Gasteiger partial charge on any atom is -0.341 e. The maximum Gasteiger partial charge on any atom is 0.242 e. The molecule has 4 nitrogen and oxygen atoms in total. The van der Waals surface area contributed by atoms with E-state index in [0.29, 0.717) is 12.8 Å². The molecule has 0 fully saturated rings. The number of carbonyl (C=O) groups is 1. The number of nitrogens with two attached hydrogens (primary N) is 1. The lowest BCUT2D eigenvalue weighted by Gasteiger charge is -2.33. The lowest BCUT2D eigenvalue weighted by molar-refractivity contribution is -0.137. The second-order valence-corrected chi connectivity index (χ2v) is 5.13. The van der Waals surface area contributed by atoms with Gasteiger partial charge in [0.2, 0.25) is 5.91 Å². The summed E-state index contributed by atoms with van der Waals surface area (Å²) < 4.78 is 0. The lowest BCUT2D eigenvalue weighted by Crippen LogP contribution is -2.55. The minimum atomic E-state index is -0.675. The van der Waals surface area contributed by atoms with Crippen LogP contribution in [0.15, 0.2) is 0 Å². The van der Waals surface area contributed by atoms with Gasteiger partial charge in [-0.3, -0.25) is 4.79 Å². The normalized spacial score (nSPS) is 11.9. The fourth-order valence-electron chi connectivity index (χ4n) is 2.30. The molecule has 0 bridgehead atoms. The summed E-state index contributed by atoms with van der Waals surface area (Å²) in [6, 6.07) is 0. The molecule has 1 amide bonds. The Morgan fingerprint density at radius 1 is 0.947 bits per heavy atom. The summed E-state index contributed by atoms with van der Waals surface area (Å²) in [6.45, 7) is 15.1. The van der Waals surface area contributed by atoms with Gasteiger partial charge in [-0.2, -0.15) is 0 Å². The number of hydrogen-bond acceptors (Lipinski definition) is 3. The second-order valence-electron chi connectivity index (χ2n) is 5.13. The van der Waals surface area contributed by atoms with Gasteiger partial charge in [0.05, 0.1) is 5.54 Å². The molecule has 0 unspecified atom stereocenters. The molecule has 0 aromatic carbocycles. The molecule has 0 aliphatic rings. The smallest absolute Gasteiger partial charge is 0.242 e. The molecule has 0 radical (unpaired) electrons. The Labute approximate surface area is 119 Å². The van der Waals surface area contributed by atoms with Crippen molar-refractivity contribution in [3.05, 3.63) is 0 Å². The van der Waals surface area contributed by atoms with E-state index < -0.39 is 5.54 Å². The van der Waals surface area contributed by atoms with Crippen molar-refractivity contribution in [2.45, 2.75) is 59.4 Å². The first-order valence-electron chi connectivity index (χ1n) is 7.79. The first kappa shape index (κ1) is 18.4. The Morgan fingerprint density at radius 2 is 1.47 bits per heavy atom. The van der Waals surface area contributed by atoms with Gasteiger partial charge in [0, 0.05) is 13.1 Å². The highest BCUT2D eigenvalue weighted by atomic mass is 16.2. The van der Waals surface area contributed by atoms with Gasteiger partial charge in [0.15, 0.2) is 0 Å². The van der Waals surface area contributed by atoms with Gasteiger partial charge in [0.25, 0.3) is 0 Å². The number of nitrogens with zero attached hydrogens (tertiary/aromatic N) is 2. The van der Waals surface area contributed by atoms with Gasteiger partial charge < -0.3 is 15.5 Å². The van der Waals surface area contributed by atoms with E-state index in [4.69, 9.17) is 5.73 Å². The number of amides is 1. The summed E-state index contributed by atoms with van der Waals surface area (Å²) in [5.74, 6) is 0.111. The summed E-state index contributed by atoms with van der Waals surface area (Å²) in [5, 5.41) is 0. The first-order valence-corrected chi connectivity index (χ1v) is 7.79. The Kier molecular flexibility index (Phi) is 9.02. The monoisotopic (exact) mass is 271 g/mol. The predicted octanol–water partition coefficient (Wildman–Crippen LogP) is 2.08. The zero-order chi connectivity index (χ0) is 14.9. The van der Waals surface area contributed by atoms with Crippen molar-refractivity contribution in [2.75, 3.05) is 32.7 Å². The zero-order valence-corrected chi connectivity index (χ0v) is 13.5. The van der Waals surface area contributed by atoms with Crippen LogP contribution in [-0.2, 0) is 4.79 Å². The average molecular weight is 271 g/mol. The van der Waals surface area contributed by atoms with Crippen LogP contribution in [0.5, 0.6) is 0 Å². The van der Waals surface area contributed by atoms with Crippen molar-refractivity contribution >= 4 is 5.91 Å². The quantitative estimate of drug-likeness (QED) is 0.662. The third-order valence-corrected chi connectivity index (χ3v) is 4.15. The molecule has 0 aromatic heterocycles. The van der Waals surface area contributed by atoms with Crippen LogP contribution in [0.25, 0.3) is 0 Å². The maximum atomic E-state index is 12.5. The van der Waals surface area contributed by atoms with Crippen LogP contribution in [0.2, 0.25) is 0 Å². The molecule has 2 N–H and O–H groups in total. The fraction of sp³-hybridized carbons (Fsp3) is 0.933. The van der Waals surface area contributed by atoms with Crippen LogP contribution in [0.3, 0.4) is 0 Å². The molecule has 114 valence electrons. The minimum absolute atomic E-state index is 0.111. The molecule has 0 saturated heterocycles. The molecule has 0 aromatic rings. The van der Waals surface area contributed by atoms with Gasteiger partial charge in [-0.25, -0.2) is 0 Å². The van der Waals surface area contributed by atoms with Crippen molar-refractivity contribution < 1.29 is 4.79 Å². The Bertz CT molecular complexity index is 248. The number of hydrogen-bond donors (Lipinski definition) is 1. The summed E-state index contributed by atoms with van der Waals surface area (Å²) in [7, 11) is 0. The highest BCUT2D eigenvalue weighted by molar-refractivity contribution is 5.86. The van der Waals surface area contributed by atoms with Crippen molar-refractivity contribution in [2.24, 2.45) is 5.73 Å². The molecule has 0 atom stereocenters. The van der Waals surface area contributed by atoms with Crippen molar-refractivity contribution in [1.82, 2.24) is 9.80 Å². The van der Waals surface area contributed by atoms with Crippen LogP contribution >= 0.6 is 0 Å². The summed E-state index contributed by atoms with van der Waals surface area (Å²) in [6.07, 6.45) is 2.43. The average Bonchev–Trinajstić information content (AvgIpc) is 2.46. The van der Waals surface area contributed by atoms with Crippen LogP contribution in [-0.4, -0.2) is 54.0 Å². The van der Waals surface area contributed by atoms with Gasteiger partial charge >= 0.3 is 0 Å². The van der Waals surface area contributed by atoms with E-state index >= 15 is 0 Å². The third kappa shape index (κ3) is 5.49. The number of rotatable bonds is 10. The number of carbonyl (C=O) groups excluding carboxylic acids is 1. The largest absolute Gasteiger partial charge is 0.341 e. The van der Waals surface area contributed by atoms with Gasteiger partial charge in [-0.1, -0.05) is 27.7 Å². The molecule has 0 rings (SSSR count). The Hall–Kier alpha value is -0.610. The molecule has 0 saturated carbocycles.